The molecule has 18 heavy (non-hydrogen) atoms. The molecule has 1 N–H and O–H groups in total. The maximum absolute atomic E-state index is 12.1. The van der Waals surface area contributed by atoms with Crippen LogP contribution in [0.25, 0.3) is 0 Å². The van der Waals surface area contributed by atoms with Gasteiger partial charge >= 0.3 is 0 Å². The molecule has 0 aromatic heterocycles. The lowest BCUT2D eigenvalue weighted by Crippen LogP contribution is -2.42. The van der Waals surface area contributed by atoms with Crippen LogP contribution >= 0.6 is 0 Å². The Balaban J connectivity index is 1.70. The van der Waals surface area contributed by atoms with Crippen molar-refractivity contribution in [2.45, 2.75) is 58.3 Å². The lowest BCUT2D eigenvalue weighted by Gasteiger charge is -2.48. The summed E-state index contributed by atoms with van der Waals surface area (Å²) in [6.07, 6.45) is 9.30. The topological polar surface area (TPSA) is 37.3 Å². The molecule has 0 radical (unpaired) electrons. The Morgan fingerprint density at radius 1 is 1.22 bits per heavy atom. The molecule has 2 nitrogen and oxygen atoms in total. The number of carbonyl (C=O) groups is 1. The molecule has 0 heterocycles. The highest BCUT2D eigenvalue weighted by Gasteiger charge is 2.52. The molecule has 2 heteroatoms. The Labute approximate surface area is 110 Å². The second kappa shape index (κ2) is 4.63. The molecule has 0 saturated heterocycles. The number of aliphatic hydroxyl groups is 1. The molecule has 0 amide bonds. The van der Waals surface area contributed by atoms with Crippen LogP contribution < -0.4 is 0 Å². The molecule has 3 saturated carbocycles. The molecule has 0 bridgehead atoms. The van der Waals surface area contributed by atoms with Crippen LogP contribution in [0.4, 0.5) is 0 Å². The fourth-order valence-corrected chi connectivity index (χ4v) is 5.13. The van der Waals surface area contributed by atoms with Crippen molar-refractivity contribution in [1.29, 1.82) is 0 Å². The van der Waals surface area contributed by atoms with Crippen LogP contribution in [0, 0.1) is 29.1 Å². The van der Waals surface area contributed by atoms with Crippen molar-refractivity contribution in [1.82, 2.24) is 0 Å². The predicted molar refractivity (Wildman–Crippen MR) is 71.1 cm³/mol. The molecule has 0 aromatic rings. The summed E-state index contributed by atoms with van der Waals surface area (Å²) in [7, 11) is 0. The summed E-state index contributed by atoms with van der Waals surface area (Å²) in [6.45, 7) is 2.59. The molecule has 3 aliphatic carbocycles. The highest BCUT2D eigenvalue weighted by molar-refractivity contribution is 5.87. The highest BCUT2D eigenvalue weighted by atomic mass is 16.3. The monoisotopic (exact) mass is 250 g/mol. The van der Waals surface area contributed by atoms with Gasteiger partial charge in [-0.05, 0) is 62.2 Å². The summed E-state index contributed by atoms with van der Waals surface area (Å²) >= 11 is 0. The van der Waals surface area contributed by atoms with E-state index in [1.54, 1.807) is 0 Å². The summed E-state index contributed by atoms with van der Waals surface area (Å²) in [4.78, 5) is 12.1. The Morgan fingerprint density at radius 3 is 2.83 bits per heavy atom. The minimum atomic E-state index is 0.0327. The number of rotatable bonds is 2. The molecule has 0 aromatic carbocycles. The second-order valence-corrected chi connectivity index (χ2v) is 7.23. The van der Waals surface area contributed by atoms with Crippen molar-refractivity contribution >= 4 is 5.78 Å². The van der Waals surface area contributed by atoms with Crippen molar-refractivity contribution < 1.29 is 9.90 Å². The zero-order valence-electron chi connectivity index (χ0n) is 11.5. The molecule has 3 aliphatic rings. The molecule has 0 aliphatic heterocycles. The number of hydrogen-bond donors (Lipinski definition) is 1. The molecule has 3 rings (SSSR count). The second-order valence-electron chi connectivity index (χ2n) is 7.23. The average Bonchev–Trinajstić information content (AvgIpc) is 2.63. The first-order chi connectivity index (χ1) is 8.63. The van der Waals surface area contributed by atoms with Crippen LogP contribution in [0.5, 0.6) is 0 Å². The normalized spacial score (nSPS) is 47.8. The third-order valence-corrected chi connectivity index (χ3v) is 6.32. The van der Waals surface area contributed by atoms with E-state index in [2.05, 4.69) is 6.92 Å². The van der Waals surface area contributed by atoms with Crippen molar-refractivity contribution in [3.63, 3.8) is 0 Å². The third kappa shape index (κ3) is 1.93. The first kappa shape index (κ1) is 12.7. The van der Waals surface area contributed by atoms with E-state index in [0.29, 0.717) is 18.3 Å². The van der Waals surface area contributed by atoms with E-state index in [0.717, 1.165) is 43.4 Å². The Morgan fingerprint density at radius 2 is 2.06 bits per heavy atom. The highest BCUT2D eigenvalue weighted by Crippen LogP contribution is 2.57. The van der Waals surface area contributed by atoms with Crippen molar-refractivity contribution in [3.05, 3.63) is 0 Å². The lowest BCUT2D eigenvalue weighted by molar-refractivity contribution is -0.130. The van der Waals surface area contributed by atoms with E-state index in [1.807, 2.05) is 0 Å². The smallest absolute Gasteiger partial charge is 0.139 e. The maximum atomic E-state index is 12.1. The largest absolute Gasteiger partial charge is 0.396 e. The molecule has 3 fully saturated rings. The number of fused-ring (bicyclic) bond motifs is 2. The Bertz CT molecular complexity index is 338. The standard InChI is InChI=1S/C16H26O2/c1-16-10-12-3-2-11(6-7-17)8-13(12)9-14(16)4-5-15(16)18/h11-14,17H,2-10H2,1H3/t11-,12+,13+,14-,16-/m0/s1. The minimum absolute atomic E-state index is 0.0327. The van der Waals surface area contributed by atoms with Gasteiger partial charge in [0.1, 0.15) is 5.78 Å². The summed E-state index contributed by atoms with van der Waals surface area (Å²) in [6, 6.07) is 0. The molecular formula is C16H26O2. The quantitative estimate of drug-likeness (QED) is 0.817. The summed E-state index contributed by atoms with van der Waals surface area (Å²) in [5.74, 6) is 3.60. The molecule has 0 unspecified atom stereocenters. The Hall–Kier alpha value is -0.370. The lowest BCUT2D eigenvalue weighted by atomic mass is 9.56. The maximum Gasteiger partial charge on any atom is 0.139 e. The third-order valence-electron chi connectivity index (χ3n) is 6.32. The predicted octanol–water partition coefficient (Wildman–Crippen LogP) is 3.18. The van der Waals surface area contributed by atoms with Gasteiger partial charge in [0.05, 0.1) is 0 Å². The number of hydrogen-bond acceptors (Lipinski definition) is 2. The zero-order chi connectivity index (χ0) is 12.8. The van der Waals surface area contributed by atoms with Gasteiger partial charge in [0, 0.05) is 18.4 Å². The first-order valence-corrected chi connectivity index (χ1v) is 7.77. The minimum Gasteiger partial charge on any atom is -0.396 e. The van der Waals surface area contributed by atoms with Gasteiger partial charge in [-0.1, -0.05) is 13.3 Å². The van der Waals surface area contributed by atoms with Crippen LogP contribution in [0.1, 0.15) is 58.3 Å². The number of aliphatic hydroxyl groups excluding tert-OH is 1. The molecule has 0 spiro atoms. The van der Waals surface area contributed by atoms with Crippen molar-refractivity contribution in [2.75, 3.05) is 6.61 Å². The van der Waals surface area contributed by atoms with Gasteiger partial charge in [0.25, 0.3) is 0 Å². The SMILES string of the molecule is C[C@]12C[C@H]3CC[C@@H](CCO)C[C@@H]3C[C@@H]1CCC2=O. The van der Waals surface area contributed by atoms with Crippen LogP contribution in [-0.2, 0) is 4.79 Å². The van der Waals surface area contributed by atoms with Crippen LogP contribution in [0.15, 0.2) is 0 Å². The van der Waals surface area contributed by atoms with Gasteiger partial charge < -0.3 is 5.11 Å². The van der Waals surface area contributed by atoms with E-state index in [1.165, 1.54) is 25.7 Å². The molecular weight excluding hydrogens is 224 g/mol. The number of Topliss-reactive ketones (excluding diaryl/α,β-unsaturated/α-hetero) is 1. The average molecular weight is 250 g/mol. The summed E-state index contributed by atoms with van der Waals surface area (Å²) < 4.78 is 0. The van der Waals surface area contributed by atoms with Crippen LogP contribution in [0.3, 0.4) is 0 Å². The summed E-state index contributed by atoms with van der Waals surface area (Å²) in [5.41, 5.74) is 0.0327. The van der Waals surface area contributed by atoms with Crippen molar-refractivity contribution in [2.24, 2.45) is 29.1 Å². The van der Waals surface area contributed by atoms with Crippen LogP contribution in [-0.4, -0.2) is 17.5 Å². The zero-order valence-corrected chi connectivity index (χ0v) is 11.5. The van der Waals surface area contributed by atoms with Gasteiger partial charge in [-0.2, -0.15) is 0 Å². The van der Waals surface area contributed by atoms with Gasteiger partial charge in [-0.3, -0.25) is 4.79 Å². The van der Waals surface area contributed by atoms with E-state index >= 15 is 0 Å². The van der Waals surface area contributed by atoms with Gasteiger partial charge in [0.2, 0.25) is 0 Å². The summed E-state index contributed by atoms with van der Waals surface area (Å²) in [5, 5.41) is 9.10. The number of carbonyl (C=O) groups excluding carboxylic acids is 1. The number of ketones is 1. The van der Waals surface area contributed by atoms with Gasteiger partial charge in [-0.15, -0.1) is 0 Å². The van der Waals surface area contributed by atoms with E-state index < -0.39 is 0 Å². The first-order valence-electron chi connectivity index (χ1n) is 7.77. The van der Waals surface area contributed by atoms with Crippen molar-refractivity contribution in [3.8, 4) is 0 Å². The van der Waals surface area contributed by atoms with E-state index in [9.17, 15) is 4.79 Å². The van der Waals surface area contributed by atoms with E-state index in [4.69, 9.17) is 5.11 Å². The van der Waals surface area contributed by atoms with E-state index in [-0.39, 0.29) is 5.41 Å². The molecule has 5 atom stereocenters. The fourth-order valence-electron chi connectivity index (χ4n) is 5.13. The Kier molecular flexibility index (Phi) is 3.25. The fraction of sp³-hybridized carbons (Fsp3) is 0.938. The molecule has 102 valence electrons. The van der Waals surface area contributed by atoms with Gasteiger partial charge in [-0.25, -0.2) is 0 Å². The van der Waals surface area contributed by atoms with Gasteiger partial charge in [0.15, 0.2) is 0 Å². The van der Waals surface area contributed by atoms with Crippen LogP contribution in [0.2, 0.25) is 0 Å².